The number of hydrogen-bond acceptors (Lipinski definition) is 1. The number of rotatable bonds is 4. The summed E-state index contributed by atoms with van der Waals surface area (Å²) in [5.74, 6) is 0.662. The van der Waals surface area contributed by atoms with E-state index in [0.29, 0.717) is 5.33 Å². The molecule has 0 bridgehead atoms. The molecule has 1 aromatic rings. The second kappa shape index (κ2) is 6.55. The lowest BCUT2D eigenvalue weighted by Gasteiger charge is -2.29. The first-order chi connectivity index (χ1) is 8.72. The van der Waals surface area contributed by atoms with E-state index in [1.807, 2.05) is 6.07 Å². The average molecular weight is 314 g/mol. The van der Waals surface area contributed by atoms with Crippen molar-refractivity contribution >= 4 is 21.6 Å². The van der Waals surface area contributed by atoms with Crippen LogP contribution in [0, 0.1) is 11.7 Å². The van der Waals surface area contributed by atoms with Crippen molar-refractivity contribution in [1.29, 1.82) is 0 Å². The molecule has 1 aliphatic carbocycles. The van der Waals surface area contributed by atoms with Crippen LogP contribution < -0.4 is 4.90 Å². The van der Waals surface area contributed by atoms with Gasteiger partial charge in [-0.15, -0.1) is 0 Å². The fourth-order valence-electron chi connectivity index (χ4n) is 2.89. The van der Waals surface area contributed by atoms with E-state index in [-0.39, 0.29) is 5.82 Å². The van der Waals surface area contributed by atoms with Crippen LogP contribution in [0.3, 0.4) is 0 Å². The zero-order chi connectivity index (χ0) is 13.0. The number of hydrogen-bond donors (Lipinski definition) is 0. The van der Waals surface area contributed by atoms with E-state index < -0.39 is 0 Å². The monoisotopic (exact) mass is 313 g/mol. The Morgan fingerprint density at radius 1 is 1.28 bits per heavy atom. The van der Waals surface area contributed by atoms with Gasteiger partial charge < -0.3 is 4.90 Å². The van der Waals surface area contributed by atoms with Crippen molar-refractivity contribution in [3.63, 3.8) is 0 Å². The molecule has 1 nitrogen and oxygen atoms in total. The molecular formula is C15H21BrFN. The van der Waals surface area contributed by atoms with Gasteiger partial charge in [-0.05, 0) is 30.9 Å². The number of anilines is 1. The normalized spacial score (nSPS) is 16.8. The molecule has 0 spiro atoms. The molecule has 0 saturated heterocycles. The van der Waals surface area contributed by atoms with Gasteiger partial charge in [-0.3, -0.25) is 0 Å². The van der Waals surface area contributed by atoms with Gasteiger partial charge in [0.2, 0.25) is 0 Å². The summed E-state index contributed by atoms with van der Waals surface area (Å²) in [7, 11) is 2.08. The molecule has 1 aromatic carbocycles. The Morgan fingerprint density at radius 2 is 2.00 bits per heavy atom. The third kappa shape index (κ3) is 3.25. The van der Waals surface area contributed by atoms with Gasteiger partial charge >= 0.3 is 0 Å². The van der Waals surface area contributed by atoms with Crippen LogP contribution in [0.5, 0.6) is 0 Å². The van der Waals surface area contributed by atoms with Gasteiger partial charge in [-0.2, -0.15) is 0 Å². The van der Waals surface area contributed by atoms with Crippen molar-refractivity contribution in [3.05, 3.63) is 29.6 Å². The standard InChI is InChI=1S/C15H21BrFN/c1-18(11-12-6-3-2-4-7-12)15-9-5-8-14(17)13(15)10-16/h5,8-9,12H,2-4,6-7,10-11H2,1H3. The van der Waals surface area contributed by atoms with E-state index in [0.717, 1.165) is 23.7 Å². The van der Waals surface area contributed by atoms with Crippen LogP contribution in [0.1, 0.15) is 37.7 Å². The molecule has 2 rings (SSSR count). The molecule has 1 fully saturated rings. The maximum atomic E-state index is 13.7. The van der Waals surface area contributed by atoms with E-state index in [4.69, 9.17) is 0 Å². The van der Waals surface area contributed by atoms with E-state index in [2.05, 4.69) is 27.9 Å². The Kier molecular flexibility index (Phi) is 5.04. The number of benzene rings is 1. The molecule has 0 heterocycles. The summed E-state index contributed by atoms with van der Waals surface area (Å²) >= 11 is 3.39. The summed E-state index contributed by atoms with van der Waals surface area (Å²) in [6.07, 6.45) is 6.74. The van der Waals surface area contributed by atoms with Crippen molar-refractivity contribution in [3.8, 4) is 0 Å². The zero-order valence-corrected chi connectivity index (χ0v) is 12.5. The second-order valence-corrected chi connectivity index (χ2v) is 5.82. The first-order valence-corrected chi connectivity index (χ1v) is 7.89. The minimum absolute atomic E-state index is 0.111. The first kappa shape index (κ1) is 13.9. The molecular weight excluding hydrogens is 293 g/mol. The predicted molar refractivity (Wildman–Crippen MR) is 78.9 cm³/mol. The van der Waals surface area contributed by atoms with Crippen molar-refractivity contribution in [1.82, 2.24) is 0 Å². The molecule has 0 amide bonds. The van der Waals surface area contributed by atoms with E-state index >= 15 is 0 Å². The predicted octanol–water partition coefficient (Wildman–Crippen LogP) is 4.74. The van der Waals surface area contributed by atoms with Crippen molar-refractivity contribution < 1.29 is 4.39 Å². The number of halogens is 2. The van der Waals surface area contributed by atoms with Crippen LogP contribution in [-0.2, 0) is 5.33 Å². The van der Waals surface area contributed by atoms with Gasteiger partial charge in [0.15, 0.2) is 0 Å². The Balaban J connectivity index is 2.07. The Labute approximate surface area is 118 Å². The lowest BCUT2D eigenvalue weighted by atomic mass is 9.89. The largest absolute Gasteiger partial charge is 0.374 e. The molecule has 0 aromatic heterocycles. The first-order valence-electron chi connectivity index (χ1n) is 6.77. The maximum Gasteiger partial charge on any atom is 0.129 e. The Morgan fingerprint density at radius 3 is 2.67 bits per heavy atom. The molecule has 1 aliphatic rings. The molecule has 0 radical (unpaired) electrons. The van der Waals surface area contributed by atoms with E-state index in [1.54, 1.807) is 6.07 Å². The molecule has 0 atom stereocenters. The third-order valence-electron chi connectivity index (χ3n) is 3.90. The lowest BCUT2D eigenvalue weighted by Crippen LogP contribution is -2.27. The van der Waals surface area contributed by atoms with Crippen molar-refractivity contribution in [2.75, 3.05) is 18.5 Å². The molecule has 0 N–H and O–H groups in total. The summed E-state index contributed by atoms with van der Waals surface area (Å²) in [5.41, 5.74) is 1.80. The molecule has 3 heteroatoms. The molecule has 0 aliphatic heterocycles. The third-order valence-corrected chi connectivity index (χ3v) is 4.46. The van der Waals surface area contributed by atoms with Gasteiger partial charge in [-0.1, -0.05) is 41.3 Å². The van der Waals surface area contributed by atoms with Gasteiger partial charge in [0.25, 0.3) is 0 Å². The number of nitrogens with zero attached hydrogens (tertiary/aromatic N) is 1. The van der Waals surface area contributed by atoms with Crippen LogP contribution in [0.25, 0.3) is 0 Å². The minimum Gasteiger partial charge on any atom is -0.374 e. The highest BCUT2D eigenvalue weighted by Crippen LogP contribution is 2.29. The SMILES string of the molecule is CN(CC1CCCCC1)c1cccc(F)c1CBr. The quantitative estimate of drug-likeness (QED) is 0.726. The second-order valence-electron chi connectivity index (χ2n) is 5.26. The zero-order valence-electron chi connectivity index (χ0n) is 11.0. The number of alkyl halides is 1. The lowest BCUT2D eigenvalue weighted by molar-refractivity contribution is 0.362. The van der Waals surface area contributed by atoms with Crippen LogP contribution in [0.15, 0.2) is 18.2 Å². The molecule has 0 unspecified atom stereocenters. The van der Waals surface area contributed by atoms with Crippen LogP contribution >= 0.6 is 15.9 Å². The van der Waals surface area contributed by atoms with Gasteiger partial charge in [0, 0.05) is 30.2 Å². The highest BCUT2D eigenvalue weighted by Gasteiger charge is 2.17. The van der Waals surface area contributed by atoms with Gasteiger partial charge in [-0.25, -0.2) is 4.39 Å². The van der Waals surface area contributed by atoms with Crippen LogP contribution in [0.4, 0.5) is 10.1 Å². The average Bonchev–Trinajstić information content (AvgIpc) is 2.39. The van der Waals surface area contributed by atoms with Crippen molar-refractivity contribution in [2.45, 2.75) is 37.4 Å². The highest BCUT2D eigenvalue weighted by molar-refractivity contribution is 9.08. The van der Waals surface area contributed by atoms with Crippen LogP contribution in [0.2, 0.25) is 0 Å². The summed E-state index contributed by atoms with van der Waals surface area (Å²) in [4.78, 5) is 2.22. The van der Waals surface area contributed by atoms with Gasteiger partial charge in [0.05, 0.1) is 0 Å². The fourth-order valence-corrected chi connectivity index (χ4v) is 3.45. The van der Waals surface area contributed by atoms with E-state index in [1.165, 1.54) is 38.2 Å². The summed E-state index contributed by atoms with van der Waals surface area (Å²) in [5, 5.41) is 0.573. The minimum atomic E-state index is -0.111. The molecule has 1 saturated carbocycles. The molecule has 100 valence electrons. The van der Waals surface area contributed by atoms with E-state index in [9.17, 15) is 4.39 Å². The molecule has 18 heavy (non-hydrogen) atoms. The van der Waals surface area contributed by atoms with Gasteiger partial charge in [0.1, 0.15) is 5.82 Å². The Hall–Kier alpha value is -0.570. The highest BCUT2D eigenvalue weighted by atomic mass is 79.9. The summed E-state index contributed by atoms with van der Waals surface area (Å²) in [6, 6.07) is 5.35. The van der Waals surface area contributed by atoms with Crippen molar-refractivity contribution in [2.24, 2.45) is 5.92 Å². The smallest absolute Gasteiger partial charge is 0.129 e. The fraction of sp³-hybridized carbons (Fsp3) is 0.600. The summed E-state index contributed by atoms with van der Waals surface area (Å²) < 4.78 is 13.7. The Bertz CT molecular complexity index is 388. The topological polar surface area (TPSA) is 3.24 Å². The van der Waals surface area contributed by atoms with Crippen LogP contribution in [-0.4, -0.2) is 13.6 Å². The maximum absolute atomic E-state index is 13.7. The summed E-state index contributed by atoms with van der Waals surface area (Å²) in [6.45, 7) is 1.05.